The molecule has 0 radical (unpaired) electrons. The van der Waals surface area contributed by atoms with Crippen LogP contribution in [0.2, 0.25) is 0 Å². The summed E-state index contributed by atoms with van der Waals surface area (Å²) in [6.07, 6.45) is 11.9. The van der Waals surface area contributed by atoms with Crippen LogP contribution in [-0.4, -0.2) is 15.7 Å². The maximum Gasteiger partial charge on any atom is 0.124 e. The number of aromatic nitrogens is 2. The van der Waals surface area contributed by atoms with Crippen molar-refractivity contribution in [1.82, 2.24) is 9.55 Å². The van der Waals surface area contributed by atoms with Crippen molar-refractivity contribution in [1.29, 1.82) is 0 Å². The fourth-order valence-electron chi connectivity index (χ4n) is 2.43. The number of hydrogen-bond acceptors (Lipinski definition) is 2. The van der Waals surface area contributed by atoms with E-state index in [9.17, 15) is 0 Å². The van der Waals surface area contributed by atoms with Crippen LogP contribution in [0.5, 0.6) is 0 Å². The molecule has 96 valence electrons. The minimum absolute atomic E-state index is 0.470. The van der Waals surface area contributed by atoms with E-state index in [-0.39, 0.29) is 0 Å². The van der Waals surface area contributed by atoms with Crippen molar-refractivity contribution < 1.29 is 4.74 Å². The molecule has 0 atom stereocenters. The number of nitrogens with zero attached hydrogens (tertiary/aromatic N) is 2. The topological polar surface area (TPSA) is 27.1 Å². The first-order valence-corrected chi connectivity index (χ1v) is 6.87. The van der Waals surface area contributed by atoms with Crippen molar-refractivity contribution in [3.8, 4) is 0 Å². The van der Waals surface area contributed by atoms with Gasteiger partial charge >= 0.3 is 0 Å². The molecule has 1 heterocycles. The zero-order valence-corrected chi connectivity index (χ0v) is 11.1. The van der Waals surface area contributed by atoms with Gasteiger partial charge in [-0.2, -0.15) is 0 Å². The van der Waals surface area contributed by atoms with Gasteiger partial charge in [0.15, 0.2) is 0 Å². The summed E-state index contributed by atoms with van der Waals surface area (Å²) in [5.41, 5.74) is 0. The molecule has 1 saturated carbocycles. The number of rotatable bonds is 5. The molecule has 0 amide bonds. The minimum Gasteiger partial charge on any atom is -0.358 e. The van der Waals surface area contributed by atoms with E-state index in [4.69, 9.17) is 4.74 Å². The summed E-state index contributed by atoms with van der Waals surface area (Å²) in [5.74, 6) is 1.79. The van der Waals surface area contributed by atoms with Crippen LogP contribution in [0.3, 0.4) is 0 Å². The van der Waals surface area contributed by atoms with Gasteiger partial charge in [-0.25, -0.2) is 4.98 Å². The SMILES string of the molecule is CC(C)Cc1nccn1COC1CCCCC1. The molecule has 0 saturated heterocycles. The zero-order valence-electron chi connectivity index (χ0n) is 11.1. The first-order valence-electron chi connectivity index (χ1n) is 6.87. The first kappa shape index (κ1) is 12.6. The van der Waals surface area contributed by atoms with E-state index in [0.717, 1.165) is 12.2 Å². The Morgan fingerprint density at radius 2 is 2.12 bits per heavy atom. The highest BCUT2D eigenvalue weighted by Crippen LogP contribution is 2.20. The average Bonchev–Trinajstić information content (AvgIpc) is 2.74. The van der Waals surface area contributed by atoms with Crippen molar-refractivity contribution in [2.24, 2.45) is 5.92 Å². The predicted octanol–water partition coefficient (Wildman–Crippen LogP) is 3.39. The highest BCUT2D eigenvalue weighted by atomic mass is 16.5. The van der Waals surface area contributed by atoms with Crippen LogP contribution in [-0.2, 0) is 17.9 Å². The zero-order chi connectivity index (χ0) is 12.1. The lowest BCUT2D eigenvalue weighted by atomic mass is 9.98. The fourth-order valence-corrected chi connectivity index (χ4v) is 2.43. The van der Waals surface area contributed by atoms with E-state index in [1.54, 1.807) is 0 Å². The van der Waals surface area contributed by atoms with Crippen molar-refractivity contribution in [2.45, 2.75) is 65.2 Å². The maximum atomic E-state index is 5.97. The molecule has 1 aromatic rings. The van der Waals surface area contributed by atoms with E-state index in [1.165, 1.54) is 32.1 Å². The third-order valence-electron chi connectivity index (χ3n) is 3.39. The highest BCUT2D eigenvalue weighted by Gasteiger charge is 2.14. The molecular formula is C14H24N2O. The van der Waals surface area contributed by atoms with Crippen molar-refractivity contribution >= 4 is 0 Å². The maximum absolute atomic E-state index is 5.97. The second-order valence-corrected chi connectivity index (χ2v) is 5.47. The molecule has 0 spiro atoms. The molecule has 0 bridgehead atoms. The lowest BCUT2D eigenvalue weighted by Gasteiger charge is -2.22. The van der Waals surface area contributed by atoms with E-state index in [2.05, 4.69) is 23.4 Å². The Morgan fingerprint density at radius 1 is 1.35 bits per heavy atom. The Morgan fingerprint density at radius 3 is 2.82 bits per heavy atom. The monoisotopic (exact) mass is 236 g/mol. The van der Waals surface area contributed by atoms with Crippen LogP contribution in [0.25, 0.3) is 0 Å². The summed E-state index contributed by atoms with van der Waals surface area (Å²) in [7, 11) is 0. The molecule has 0 unspecified atom stereocenters. The number of hydrogen-bond donors (Lipinski definition) is 0. The summed E-state index contributed by atoms with van der Waals surface area (Å²) in [6.45, 7) is 5.12. The van der Waals surface area contributed by atoms with E-state index in [0.29, 0.717) is 18.8 Å². The van der Waals surface area contributed by atoms with Gasteiger partial charge < -0.3 is 9.30 Å². The largest absolute Gasteiger partial charge is 0.358 e. The second-order valence-electron chi connectivity index (χ2n) is 5.47. The Bertz CT molecular complexity index is 327. The molecule has 1 aromatic heterocycles. The summed E-state index contributed by atoms with van der Waals surface area (Å²) in [5, 5.41) is 0. The molecule has 1 aliphatic rings. The van der Waals surface area contributed by atoms with Crippen LogP contribution in [0, 0.1) is 5.92 Å². The quantitative estimate of drug-likeness (QED) is 0.783. The Kier molecular flexibility index (Phi) is 4.60. The normalized spacial score (nSPS) is 17.8. The number of imidazole rings is 1. The molecule has 0 N–H and O–H groups in total. The molecule has 17 heavy (non-hydrogen) atoms. The van der Waals surface area contributed by atoms with Gasteiger partial charge in [0.1, 0.15) is 12.6 Å². The van der Waals surface area contributed by atoms with Gasteiger partial charge in [0.2, 0.25) is 0 Å². The second kappa shape index (κ2) is 6.20. The molecule has 1 fully saturated rings. The van der Waals surface area contributed by atoms with Gasteiger partial charge in [-0.15, -0.1) is 0 Å². The Hall–Kier alpha value is -0.830. The van der Waals surface area contributed by atoms with E-state index in [1.807, 2.05) is 12.4 Å². The molecule has 0 aliphatic heterocycles. The molecule has 3 nitrogen and oxygen atoms in total. The molecule has 2 rings (SSSR count). The third-order valence-corrected chi connectivity index (χ3v) is 3.39. The van der Waals surface area contributed by atoms with Crippen LogP contribution < -0.4 is 0 Å². The van der Waals surface area contributed by atoms with Crippen molar-refractivity contribution in [2.75, 3.05) is 0 Å². The van der Waals surface area contributed by atoms with Gasteiger partial charge in [0, 0.05) is 18.8 Å². The van der Waals surface area contributed by atoms with Crippen molar-refractivity contribution in [3.05, 3.63) is 18.2 Å². The van der Waals surface area contributed by atoms with Gasteiger partial charge in [0.05, 0.1) is 6.10 Å². The lowest BCUT2D eigenvalue weighted by molar-refractivity contribution is -0.0139. The number of ether oxygens (including phenoxy) is 1. The lowest BCUT2D eigenvalue weighted by Crippen LogP contribution is -2.19. The van der Waals surface area contributed by atoms with Gasteiger partial charge in [-0.05, 0) is 18.8 Å². The molecular weight excluding hydrogens is 212 g/mol. The molecule has 0 aromatic carbocycles. The van der Waals surface area contributed by atoms with Crippen LogP contribution in [0.4, 0.5) is 0 Å². The fraction of sp³-hybridized carbons (Fsp3) is 0.786. The summed E-state index contributed by atoms with van der Waals surface area (Å²) >= 11 is 0. The van der Waals surface area contributed by atoms with Gasteiger partial charge in [-0.1, -0.05) is 33.1 Å². The minimum atomic E-state index is 0.470. The molecule has 3 heteroatoms. The molecule has 1 aliphatic carbocycles. The van der Waals surface area contributed by atoms with Crippen LogP contribution >= 0.6 is 0 Å². The van der Waals surface area contributed by atoms with Gasteiger partial charge in [0.25, 0.3) is 0 Å². The van der Waals surface area contributed by atoms with Crippen LogP contribution in [0.1, 0.15) is 51.8 Å². The first-order chi connectivity index (χ1) is 8.25. The Labute approximate surface area is 104 Å². The smallest absolute Gasteiger partial charge is 0.124 e. The highest BCUT2D eigenvalue weighted by molar-refractivity contribution is 4.92. The predicted molar refractivity (Wildman–Crippen MR) is 68.7 cm³/mol. The summed E-state index contributed by atoms with van der Waals surface area (Å²) in [6, 6.07) is 0. The summed E-state index contributed by atoms with van der Waals surface area (Å²) < 4.78 is 8.12. The van der Waals surface area contributed by atoms with E-state index >= 15 is 0 Å². The van der Waals surface area contributed by atoms with E-state index < -0.39 is 0 Å². The third kappa shape index (κ3) is 3.84. The van der Waals surface area contributed by atoms with Crippen molar-refractivity contribution in [3.63, 3.8) is 0 Å². The Balaban J connectivity index is 1.83. The standard InChI is InChI=1S/C14H24N2O/c1-12(2)10-14-15-8-9-16(14)11-17-13-6-4-3-5-7-13/h8-9,12-13H,3-7,10-11H2,1-2H3. The van der Waals surface area contributed by atoms with Crippen LogP contribution in [0.15, 0.2) is 12.4 Å². The van der Waals surface area contributed by atoms with Gasteiger partial charge in [-0.3, -0.25) is 0 Å². The summed E-state index contributed by atoms with van der Waals surface area (Å²) in [4.78, 5) is 4.40. The average molecular weight is 236 g/mol.